The highest BCUT2D eigenvalue weighted by molar-refractivity contribution is 5.92. The predicted octanol–water partition coefficient (Wildman–Crippen LogP) is 2.60. The van der Waals surface area contributed by atoms with E-state index in [0.717, 1.165) is 25.7 Å². The van der Waals surface area contributed by atoms with Crippen LogP contribution in [0.4, 0.5) is 4.79 Å². The van der Waals surface area contributed by atoms with Crippen molar-refractivity contribution in [2.75, 3.05) is 39.4 Å². The van der Waals surface area contributed by atoms with E-state index in [2.05, 4.69) is 10.3 Å². The largest absolute Gasteiger partial charge is 0.444 e. The lowest BCUT2D eigenvalue weighted by Crippen LogP contribution is -2.66. The molecule has 0 aromatic carbocycles. The second-order valence-corrected chi connectivity index (χ2v) is 14.5. The predicted molar refractivity (Wildman–Crippen MR) is 150 cm³/mol. The van der Waals surface area contributed by atoms with Crippen molar-refractivity contribution in [3.63, 3.8) is 0 Å². The molecule has 5 fully saturated rings. The molecule has 4 saturated heterocycles. The van der Waals surface area contributed by atoms with Gasteiger partial charge in [-0.2, -0.15) is 0 Å². The second kappa shape index (κ2) is 11.1. The maximum Gasteiger partial charge on any atom is 0.410 e. The van der Waals surface area contributed by atoms with Crippen LogP contribution in [0.5, 0.6) is 0 Å². The van der Waals surface area contributed by atoms with Crippen LogP contribution in [-0.4, -0.2) is 107 Å². The Morgan fingerprint density at radius 1 is 1.14 bits per heavy atom. The summed E-state index contributed by atoms with van der Waals surface area (Å²) in [5.41, 5.74) is -2.62. The Balaban J connectivity index is 1.29. The number of aliphatic hydroxyl groups is 1. The van der Waals surface area contributed by atoms with Crippen LogP contribution >= 0.6 is 0 Å². The number of likely N-dealkylation sites (tertiary alicyclic amines) is 2. The van der Waals surface area contributed by atoms with Crippen LogP contribution in [0.1, 0.15) is 77.8 Å². The molecule has 4 aliphatic heterocycles. The minimum absolute atomic E-state index is 0.0225. The maximum absolute atomic E-state index is 14.0. The number of rotatable bonds is 8. The zero-order valence-electron chi connectivity index (χ0n) is 25.7. The van der Waals surface area contributed by atoms with E-state index in [-0.39, 0.29) is 49.2 Å². The number of hydrogen-bond acceptors (Lipinski definition) is 9. The molecule has 0 radical (unpaired) electrons. The van der Waals surface area contributed by atoms with Gasteiger partial charge >= 0.3 is 6.09 Å². The minimum Gasteiger partial charge on any atom is -0.444 e. The van der Waals surface area contributed by atoms with E-state index >= 15 is 0 Å². The Labute approximate surface area is 247 Å². The Bertz CT molecular complexity index is 1130. The number of nitrogens with zero attached hydrogens (tertiary/aromatic N) is 3. The van der Waals surface area contributed by atoms with Gasteiger partial charge in [0.05, 0.1) is 49.2 Å². The standard InChI is InChI=1S/C30H46N4O8/c1-19(39-16-29-9-7-20(8-10-29)40-17-29)23(28(5,6)38)32-24(35)21-12-33(25(36)22-11-31-18-41-22)13-30(21)14-34(15-30)26(37)42-27(2,3)4/h11,18-21,23,38H,7-10,12-17H2,1-6H3,(H,32,35)/t19-,20?,21+,23?,29?/m1/s1. The SMILES string of the molecule is C[C@@H](OCC12CCC(CC1)OC2)C(NC(=O)[C@@H]1CN(C(=O)c2cnco2)CC12CN(C(=O)OC(C)(C)C)C2)C(C)(C)O. The lowest BCUT2D eigenvalue weighted by Gasteiger charge is -2.50. The fourth-order valence-electron chi connectivity index (χ4n) is 6.97. The van der Waals surface area contributed by atoms with Crippen molar-refractivity contribution in [3.05, 3.63) is 18.4 Å². The minimum atomic E-state index is -1.28. The zero-order chi connectivity index (χ0) is 30.5. The number of aromatic nitrogens is 1. The number of carbonyl (C=O) groups is 3. The van der Waals surface area contributed by atoms with Crippen LogP contribution in [0, 0.1) is 16.7 Å². The van der Waals surface area contributed by atoms with Gasteiger partial charge in [0.15, 0.2) is 6.39 Å². The zero-order valence-corrected chi connectivity index (χ0v) is 25.7. The van der Waals surface area contributed by atoms with Gasteiger partial charge in [0, 0.05) is 37.0 Å². The van der Waals surface area contributed by atoms with E-state index in [1.165, 1.54) is 12.6 Å². The fourth-order valence-corrected chi connectivity index (χ4v) is 6.97. The summed E-state index contributed by atoms with van der Waals surface area (Å²) in [5, 5.41) is 14.2. The summed E-state index contributed by atoms with van der Waals surface area (Å²) < 4.78 is 23.0. The Morgan fingerprint density at radius 3 is 2.36 bits per heavy atom. The Hall–Kier alpha value is -2.70. The normalized spacial score (nSPS) is 28.4. The molecule has 42 heavy (non-hydrogen) atoms. The second-order valence-electron chi connectivity index (χ2n) is 14.5. The number of amides is 3. The van der Waals surface area contributed by atoms with Gasteiger partial charge < -0.3 is 38.9 Å². The molecular formula is C30H46N4O8. The van der Waals surface area contributed by atoms with Gasteiger partial charge in [-0.25, -0.2) is 9.78 Å². The molecular weight excluding hydrogens is 544 g/mol. The first-order valence-electron chi connectivity index (χ1n) is 15.0. The van der Waals surface area contributed by atoms with Crippen LogP contribution in [-0.2, 0) is 19.0 Å². The van der Waals surface area contributed by atoms with Crippen LogP contribution in [0.25, 0.3) is 0 Å². The monoisotopic (exact) mass is 590 g/mol. The van der Waals surface area contributed by atoms with Crippen molar-refractivity contribution in [3.8, 4) is 0 Å². The highest BCUT2D eigenvalue weighted by atomic mass is 16.6. The molecule has 2 bridgehead atoms. The summed E-state index contributed by atoms with van der Waals surface area (Å²) in [6, 6.07) is -0.708. The Morgan fingerprint density at radius 2 is 1.81 bits per heavy atom. The van der Waals surface area contributed by atoms with E-state index < -0.39 is 40.8 Å². The summed E-state index contributed by atoms with van der Waals surface area (Å²) >= 11 is 0. The summed E-state index contributed by atoms with van der Waals surface area (Å²) in [6.07, 6.45) is 6.15. The van der Waals surface area contributed by atoms with Crippen LogP contribution in [0.3, 0.4) is 0 Å². The first-order chi connectivity index (χ1) is 19.6. The lowest BCUT2D eigenvalue weighted by atomic mass is 9.71. The van der Waals surface area contributed by atoms with Crippen LogP contribution in [0.2, 0.25) is 0 Å². The van der Waals surface area contributed by atoms with E-state index in [1.807, 2.05) is 6.92 Å². The van der Waals surface area contributed by atoms with E-state index in [1.54, 1.807) is 44.4 Å². The summed E-state index contributed by atoms with van der Waals surface area (Å²) in [6.45, 7) is 12.7. The third kappa shape index (κ3) is 6.30. The highest BCUT2D eigenvalue weighted by Gasteiger charge is 2.60. The van der Waals surface area contributed by atoms with Gasteiger partial charge in [-0.15, -0.1) is 0 Å². The quantitative estimate of drug-likeness (QED) is 0.467. The number of fused-ring (bicyclic) bond motifs is 3. The molecule has 6 rings (SSSR count). The van der Waals surface area contributed by atoms with Crippen molar-refractivity contribution in [1.82, 2.24) is 20.1 Å². The molecule has 5 heterocycles. The van der Waals surface area contributed by atoms with Crippen molar-refractivity contribution in [2.24, 2.45) is 16.7 Å². The third-order valence-corrected chi connectivity index (χ3v) is 9.36. The first-order valence-corrected chi connectivity index (χ1v) is 15.0. The molecule has 2 N–H and O–H groups in total. The van der Waals surface area contributed by atoms with Crippen molar-refractivity contribution >= 4 is 17.9 Å². The summed E-state index contributed by atoms with van der Waals surface area (Å²) in [5.74, 6) is -1.20. The van der Waals surface area contributed by atoms with Crippen LogP contribution in [0.15, 0.2) is 17.0 Å². The first kappa shape index (κ1) is 30.7. The smallest absolute Gasteiger partial charge is 0.410 e. The van der Waals surface area contributed by atoms with E-state index in [4.69, 9.17) is 18.6 Å². The molecule has 1 aromatic heterocycles. The number of ether oxygens (including phenoxy) is 3. The molecule has 12 nitrogen and oxygen atoms in total. The van der Waals surface area contributed by atoms with Crippen LogP contribution < -0.4 is 5.32 Å². The van der Waals surface area contributed by atoms with Gasteiger partial charge in [-0.3, -0.25) is 9.59 Å². The molecule has 1 spiro atoms. The molecule has 1 aromatic rings. The van der Waals surface area contributed by atoms with Gasteiger partial charge in [0.1, 0.15) is 5.60 Å². The van der Waals surface area contributed by atoms with Gasteiger partial charge in [0.25, 0.3) is 5.91 Å². The summed E-state index contributed by atoms with van der Waals surface area (Å²) in [7, 11) is 0. The van der Waals surface area contributed by atoms with Gasteiger partial charge in [-0.1, -0.05) is 0 Å². The molecule has 5 aliphatic rings. The average Bonchev–Trinajstić information content (AvgIpc) is 3.57. The average molecular weight is 591 g/mol. The Kier molecular flexibility index (Phi) is 8.12. The molecule has 1 saturated carbocycles. The van der Waals surface area contributed by atoms with Crippen molar-refractivity contribution < 1.29 is 38.1 Å². The summed E-state index contributed by atoms with van der Waals surface area (Å²) in [4.78, 5) is 46.9. The molecule has 3 amide bonds. The molecule has 3 atom stereocenters. The van der Waals surface area contributed by atoms with E-state index in [0.29, 0.717) is 19.3 Å². The van der Waals surface area contributed by atoms with Crippen molar-refractivity contribution in [1.29, 1.82) is 0 Å². The van der Waals surface area contributed by atoms with Crippen molar-refractivity contribution in [2.45, 2.75) is 96.7 Å². The number of hydrogen-bond donors (Lipinski definition) is 2. The van der Waals surface area contributed by atoms with Gasteiger partial charge in [-0.05, 0) is 67.2 Å². The maximum atomic E-state index is 14.0. The lowest BCUT2D eigenvalue weighted by molar-refractivity contribution is -0.159. The highest BCUT2D eigenvalue weighted by Crippen LogP contribution is 2.46. The fraction of sp³-hybridized carbons (Fsp3) is 0.800. The van der Waals surface area contributed by atoms with E-state index in [9.17, 15) is 19.5 Å². The number of oxazole rings is 1. The molecule has 1 aliphatic carbocycles. The van der Waals surface area contributed by atoms with Gasteiger partial charge in [0.2, 0.25) is 11.7 Å². The molecule has 234 valence electrons. The third-order valence-electron chi connectivity index (χ3n) is 9.36. The topological polar surface area (TPSA) is 144 Å². The molecule has 1 unspecified atom stereocenters. The number of nitrogens with one attached hydrogen (secondary N) is 1. The number of carbonyl (C=O) groups excluding carboxylic acids is 3. The molecule has 12 heteroatoms.